The number of thiophene rings is 1. The SMILES string of the molecule is CCNC(=NCC(O)c1ccc(Cl)s1)NCC. The summed E-state index contributed by atoms with van der Waals surface area (Å²) in [5.74, 6) is 0.719. The summed E-state index contributed by atoms with van der Waals surface area (Å²) < 4.78 is 0.682. The van der Waals surface area contributed by atoms with Crippen molar-refractivity contribution in [1.82, 2.24) is 10.6 Å². The molecule has 96 valence electrons. The summed E-state index contributed by atoms with van der Waals surface area (Å²) in [4.78, 5) is 5.14. The lowest BCUT2D eigenvalue weighted by molar-refractivity contribution is 0.191. The third-order valence-corrected chi connectivity index (χ3v) is 3.37. The maximum atomic E-state index is 9.91. The average molecular weight is 276 g/mol. The van der Waals surface area contributed by atoms with Crippen LogP contribution in [0.2, 0.25) is 4.34 Å². The molecular formula is C11H18ClN3OS. The van der Waals surface area contributed by atoms with E-state index in [2.05, 4.69) is 15.6 Å². The van der Waals surface area contributed by atoms with Crippen molar-refractivity contribution in [1.29, 1.82) is 0 Å². The van der Waals surface area contributed by atoms with Gasteiger partial charge < -0.3 is 15.7 Å². The Balaban J connectivity index is 2.54. The van der Waals surface area contributed by atoms with Crippen LogP contribution in [0.1, 0.15) is 24.8 Å². The van der Waals surface area contributed by atoms with Crippen molar-refractivity contribution in [3.8, 4) is 0 Å². The van der Waals surface area contributed by atoms with Crippen LogP contribution in [0.4, 0.5) is 0 Å². The van der Waals surface area contributed by atoms with Gasteiger partial charge in [-0.05, 0) is 26.0 Å². The van der Waals surface area contributed by atoms with Gasteiger partial charge in [-0.25, -0.2) is 0 Å². The van der Waals surface area contributed by atoms with Crippen LogP contribution in [0.3, 0.4) is 0 Å². The molecule has 1 aromatic heterocycles. The molecule has 1 unspecified atom stereocenters. The Hall–Kier alpha value is -0.780. The highest BCUT2D eigenvalue weighted by molar-refractivity contribution is 7.16. The summed E-state index contributed by atoms with van der Waals surface area (Å²) >= 11 is 7.19. The van der Waals surface area contributed by atoms with Gasteiger partial charge in [0.1, 0.15) is 6.10 Å². The van der Waals surface area contributed by atoms with E-state index in [9.17, 15) is 5.11 Å². The largest absolute Gasteiger partial charge is 0.386 e. The topological polar surface area (TPSA) is 56.7 Å². The van der Waals surface area contributed by atoms with Gasteiger partial charge in [0.2, 0.25) is 0 Å². The third-order valence-electron chi connectivity index (χ3n) is 2.03. The van der Waals surface area contributed by atoms with E-state index in [0.717, 1.165) is 23.9 Å². The predicted octanol–water partition coefficient (Wildman–Crippen LogP) is 2.01. The zero-order chi connectivity index (χ0) is 12.7. The number of hydrogen-bond donors (Lipinski definition) is 3. The lowest BCUT2D eigenvalue weighted by atomic mass is 10.3. The minimum Gasteiger partial charge on any atom is -0.386 e. The first-order valence-corrected chi connectivity index (χ1v) is 6.82. The molecule has 3 N–H and O–H groups in total. The number of aliphatic hydroxyl groups excluding tert-OH is 1. The minimum absolute atomic E-state index is 0.326. The maximum Gasteiger partial charge on any atom is 0.191 e. The molecule has 0 amide bonds. The lowest BCUT2D eigenvalue weighted by Gasteiger charge is -2.10. The number of guanidine groups is 1. The summed E-state index contributed by atoms with van der Waals surface area (Å²) in [6, 6.07) is 3.61. The van der Waals surface area contributed by atoms with E-state index in [1.807, 2.05) is 19.9 Å². The molecule has 0 fully saturated rings. The zero-order valence-electron chi connectivity index (χ0n) is 10.0. The normalized spacial score (nSPS) is 12.0. The van der Waals surface area contributed by atoms with Crippen molar-refractivity contribution in [3.63, 3.8) is 0 Å². The van der Waals surface area contributed by atoms with Crippen LogP contribution < -0.4 is 10.6 Å². The molecule has 0 aliphatic rings. The summed E-state index contributed by atoms with van der Waals surface area (Å²) in [5, 5.41) is 16.1. The van der Waals surface area contributed by atoms with E-state index in [4.69, 9.17) is 11.6 Å². The van der Waals surface area contributed by atoms with Crippen molar-refractivity contribution < 1.29 is 5.11 Å². The fraction of sp³-hybridized carbons (Fsp3) is 0.545. The molecule has 0 saturated carbocycles. The summed E-state index contributed by atoms with van der Waals surface area (Å²) in [6.45, 7) is 5.93. The standard InChI is InChI=1S/C11H18ClN3OS/c1-3-13-11(14-4-2)15-7-8(16)9-5-6-10(12)17-9/h5-6,8,16H,3-4,7H2,1-2H3,(H2,13,14,15). The second-order valence-electron chi connectivity index (χ2n) is 3.41. The van der Waals surface area contributed by atoms with Gasteiger partial charge >= 0.3 is 0 Å². The van der Waals surface area contributed by atoms with Crippen molar-refractivity contribution in [3.05, 3.63) is 21.3 Å². The third kappa shape index (κ3) is 4.93. The number of halogens is 1. The van der Waals surface area contributed by atoms with E-state index in [0.29, 0.717) is 10.9 Å². The maximum absolute atomic E-state index is 9.91. The van der Waals surface area contributed by atoms with E-state index >= 15 is 0 Å². The highest BCUT2D eigenvalue weighted by Crippen LogP contribution is 2.26. The second kappa shape index (κ2) is 7.53. The van der Waals surface area contributed by atoms with Gasteiger partial charge in [-0.3, -0.25) is 4.99 Å². The van der Waals surface area contributed by atoms with Gasteiger partial charge in [0, 0.05) is 18.0 Å². The molecule has 1 aromatic rings. The molecule has 17 heavy (non-hydrogen) atoms. The Morgan fingerprint density at radius 3 is 2.53 bits per heavy atom. The first-order chi connectivity index (χ1) is 8.17. The molecular weight excluding hydrogens is 258 g/mol. The van der Waals surface area contributed by atoms with Crippen molar-refractivity contribution in [2.45, 2.75) is 20.0 Å². The average Bonchev–Trinajstić information content (AvgIpc) is 2.73. The van der Waals surface area contributed by atoms with Crippen LogP contribution >= 0.6 is 22.9 Å². The quantitative estimate of drug-likeness (QED) is 0.569. The molecule has 1 atom stereocenters. The molecule has 4 nitrogen and oxygen atoms in total. The van der Waals surface area contributed by atoms with E-state index in [-0.39, 0.29) is 0 Å². The molecule has 1 rings (SSSR count). The van der Waals surface area contributed by atoms with E-state index < -0.39 is 6.10 Å². The van der Waals surface area contributed by atoms with Crippen LogP contribution in [0.25, 0.3) is 0 Å². The second-order valence-corrected chi connectivity index (χ2v) is 5.15. The summed E-state index contributed by atoms with van der Waals surface area (Å²) in [7, 11) is 0. The molecule has 0 saturated heterocycles. The molecule has 0 spiro atoms. The van der Waals surface area contributed by atoms with Crippen LogP contribution in [0, 0.1) is 0 Å². The van der Waals surface area contributed by atoms with Crippen LogP contribution in [-0.4, -0.2) is 30.7 Å². The summed E-state index contributed by atoms with van der Waals surface area (Å²) in [6.07, 6.45) is -0.597. The number of aliphatic imine (C=N–C) groups is 1. The van der Waals surface area contributed by atoms with Gasteiger partial charge in [-0.2, -0.15) is 0 Å². The fourth-order valence-corrected chi connectivity index (χ4v) is 2.32. The monoisotopic (exact) mass is 275 g/mol. The number of nitrogens with one attached hydrogen (secondary N) is 2. The van der Waals surface area contributed by atoms with Crippen molar-refractivity contribution in [2.75, 3.05) is 19.6 Å². The Labute approximate surface area is 111 Å². The molecule has 0 radical (unpaired) electrons. The van der Waals surface area contributed by atoms with Crippen LogP contribution in [0.15, 0.2) is 17.1 Å². The first kappa shape index (κ1) is 14.3. The molecule has 0 aromatic carbocycles. The van der Waals surface area contributed by atoms with Gasteiger partial charge in [-0.15, -0.1) is 11.3 Å². The lowest BCUT2D eigenvalue weighted by Crippen LogP contribution is -2.37. The Kier molecular flexibility index (Phi) is 6.32. The Morgan fingerprint density at radius 2 is 2.06 bits per heavy atom. The number of nitrogens with zero attached hydrogens (tertiary/aromatic N) is 1. The van der Waals surface area contributed by atoms with E-state index in [1.165, 1.54) is 11.3 Å². The molecule has 0 aliphatic carbocycles. The van der Waals surface area contributed by atoms with Crippen molar-refractivity contribution >= 4 is 28.9 Å². The first-order valence-electron chi connectivity index (χ1n) is 5.62. The summed E-state index contributed by atoms with van der Waals surface area (Å²) in [5.41, 5.74) is 0. The smallest absolute Gasteiger partial charge is 0.191 e. The van der Waals surface area contributed by atoms with Crippen LogP contribution in [-0.2, 0) is 0 Å². The number of aliphatic hydroxyl groups is 1. The predicted molar refractivity (Wildman–Crippen MR) is 73.9 cm³/mol. The number of rotatable bonds is 5. The molecule has 1 heterocycles. The Morgan fingerprint density at radius 1 is 1.41 bits per heavy atom. The fourth-order valence-electron chi connectivity index (χ4n) is 1.28. The van der Waals surface area contributed by atoms with Gasteiger partial charge in [-0.1, -0.05) is 11.6 Å². The minimum atomic E-state index is -0.597. The van der Waals surface area contributed by atoms with E-state index in [1.54, 1.807) is 6.07 Å². The highest BCUT2D eigenvalue weighted by Gasteiger charge is 2.09. The zero-order valence-corrected chi connectivity index (χ0v) is 11.6. The van der Waals surface area contributed by atoms with Gasteiger partial charge in [0.05, 0.1) is 10.9 Å². The van der Waals surface area contributed by atoms with Crippen molar-refractivity contribution in [2.24, 2.45) is 4.99 Å². The van der Waals surface area contributed by atoms with Crippen LogP contribution in [0.5, 0.6) is 0 Å². The van der Waals surface area contributed by atoms with Gasteiger partial charge in [0.15, 0.2) is 5.96 Å². The molecule has 0 aliphatic heterocycles. The van der Waals surface area contributed by atoms with Gasteiger partial charge in [0.25, 0.3) is 0 Å². The number of hydrogen-bond acceptors (Lipinski definition) is 3. The molecule has 0 bridgehead atoms. The Bertz CT molecular complexity index is 359. The highest BCUT2D eigenvalue weighted by atomic mass is 35.5. The molecule has 6 heteroatoms.